The van der Waals surface area contributed by atoms with Crippen LogP contribution in [0.5, 0.6) is 0 Å². The highest BCUT2D eigenvalue weighted by Crippen LogP contribution is 2.38. The predicted molar refractivity (Wildman–Crippen MR) is 264 cm³/mol. The van der Waals surface area contributed by atoms with Crippen LogP contribution in [0.25, 0.3) is 22.3 Å². The van der Waals surface area contributed by atoms with E-state index in [4.69, 9.17) is 0 Å². The van der Waals surface area contributed by atoms with E-state index >= 15 is 0 Å². The first kappa shape index (κ1) is 40.0. The number of nitrogens with zero attached hydrogens (tertiary/aromatic N) is 2. The lowest BCUT2D eigenvalue weighted by atomic mass is 9.88. The van der Waals surface area contributed by atoms with Crippen molar-refractivity contribution < 1.29 is 0 Å². The van der Waals surface area contributed by atoms with E-state index in [0.717, 1.165) is 38.5 Å². The zero-order valence-corrected chi connectivity index (χ0v) is 36.2. The van der Waals surface area contributed by atoms with Crippen LogP contribution in [-0.4, -0.2) is 18.1 Å². The van der Waals surface area contributed by atoms with Crippen molar-refractivity contribution >= 4 is 11.4 Å². The molecule has 2 heteroatoms. The van der Waals surface area contributed by atoms with Crippen LogP contribution in [0.15, 0.2) is 222 Å². The van der Waals surface area contributed by atoms with Crippen LogP contribution in [0, 0.1) is 0 Å². The van der Waals surface area contributed by atoms with E-state index < -0.39 is 0 Å². The molecule has 62 heavy (non-hydrogen) atoms. The van der Waals surface area contributed by atoms with Crippen LogP contribution in [-0.2, 0) is 0 Å². The molecule has 0 amide bonds. The molecule has 0 bridgehead atoms. The molecule has 0 saturated carbocycles. The van der Waals surface area contributed by atoms with Gasteiger partial charge in [0.1, 0.15) is 0 Å². The highest BCUT2D eigenvalue weighted by atomic mass is 15.2. The van der Waals surface area contributed by atoms with E-state index in [0.29, 0.717) is 18.0 Å². The summed E-state index contributed by atoms with van der Waals surface area (Å²) >= 11 is 0. The molecular weight excluding hydrogens is 749 g/mol. The number of rotatable bonds is 11. The minimum Gasteiger partial charge on any atom is -0.358 e. The van der Waals surface area contributed by atoms with Crippen LogP contribution in [0.2, 0.25) is 0 Å². The molecular formula is C60H60N2. The van der Waals surface area contributed by atoms with Crippen LogP contribution < -0.4 is 9.80 Å². The van der Waals surface area contributed by atoms with E-state index in [-0.39, 0.29) is 6.04 Å². The summed E-state index contributed by atoms with van der Waals surface area (Å²) in [5.74, 6) is 0.565. The Bertz CT molecular complexity index is 2510. The third kappa shape index (κ3) is 8.93. The average Bonchev–Trinajstić information content (AvgIpc) is 3.36. The molecule has 0 radical (unpaired) electrons. The van der Waals surface area contributed by atoms with Crippen molar-refractivity contribution in [1.29, 1.82) is 0 Å². The summed E-state index contributed by atoms with van der Waals surface area (Å²) in [5.41, 5.74) is 16.0. The first-order chi connectivity index (χ1) is 30.7. The lowest BCUT2D eigenvalue weighted by Crippen LogP contribution is -2.42. The number of allylic oxidation sites excluding steroid dienone is 15. The fourth-order valence-electron chi connectivity index (χ4n) is 10.5. The Morgan fingerprint density at radius 1 is 0.435 bits per heavy atom. The molecule has 310 valence electrons. The molecule has 4 aromatic rings. The van der Waals surface area contributed by atoms with Gasteiger partial charge in [-0.25, -0.2) is 0 Å². The van der Waals surface area contributed by atoms with Gasteiger partial charge in [0, 0.05) is 29.0 Å². The normalized spacial score (nSPS) is 23.2. The third-order valence-electron chi connectivity index (χ3n) is 13.9. The first-order valence-corrected chi connectivity index (χ1v) is 23.5. The van der Waals surface area contributed by atoms with Crippen LogP contribution >= 0.6 is 0 Å². The number of hydrogen-bond donors (Lipinski definition) is 0. The second kappa shape index (κ2) is 18.9. The first-order valence-electron chi connectivity index (χ1n) is 23.5. The minimum atomic E-state index is 0.251. The molecule has 4 atom stereocenters. The SMILES string of the molecule is C1=CC(C2=CC=C(N(c3ccc(-c4ccccc4)cc3)C3C=CC(C4=CCC(N(c5ccc(-c6ccc(C7C=CCCC7)cc6)cc5)C5C=CCCC5)C=C4)=CC3)CC2)=CCC1. The van der Waals surface area contributed by atoms with Crippen LogP contribution in [0.3, 0.4) is 0 Å². The van der Waals surface area contributed by atoms with Crippen LogP contribution in [0.4, 0.5) is 11.4 Å². The Balaban J connectivity index is 0.852. The van der Waals surface area contributed by atoms with E-state index in [2.05, 4.69) is 204 Å². The number of anilines is 2. The quantitative estimate of drug-likeness (QED) is 0.139. The van der Waals surface area contributed by atoms with Gasteiger partial charge in [-0.2, -0.15) is 0 Å². The summed E-state index contributed by atoms with van der Waals surface area (Å²) in [6.07, 6.45) is 49.9. The topological polar surface area (TPSA) is 6.48 Å². The Morgan fingerprint density at radius 3 is 1.66 bits per heavy atom. The van der Waals surface area contributed by atoms with E-state index in [1.165, 1.54) is 106 Å². The fourth-order valence-corrected chi connectivity index (χ4v) is 10.5. The molecule has 0 heterocycles. The maximum Gasteiger partial charge on any atom is 0.0557 e. The summed E-state index contributed by atoms with van der Waals surface area (Å²) in [6, 6.07) is 39.6. The maximum absolute atomic E-state index is 2.68. The van der Waals surface area contributed by atoms with Gasteiger partial charge >= 0.3 is 0 Å². The van der Waals surface area contributed by atoms with Gasteiger partial charge in [-0.15, -0.1) is 0 Å². The van der Waals surface area contributed by atoms with Gasteiger partial charge in [-0.05, 0) is 158 Å². The molecule has 6 aliphatic rings. The highest BCUT2D eigenvalue weighted by Gasteiger charge is 2.28. The molecule has 4 aromatic carbocycles. The van der Waals surface area contributed by atoms with E-state index in [1.807, 2.05) is 0 Å². The largest absolute Gasteiger partial charge is 0.358 e. The van der Waals surface area contributed by atoms with Crippen molar-refractivity contribution in [3.05, 3.63) is 228 Å². The molecule has 10 rings (SSSR count). The number of hydrogen-bond acceptors (Lipinski definition) is 2. The zero-order valence-electron chi connectivity index (χ0n) is 36.2. The van der Waals surface area contributed by atoms with Crippen molar-refractivity contribution in [3.63, 3.8) is 0 Å². The van der Waals surface area contributed by atoms with Crippen molar-refractivity contribution in [1.82, 2.24) is 0 Å². The Kier molecular flexibility index (Phi) is 12.2. The van der Waals surface area contributed by atoms with Gasteiger partial charge in [0.05, 0.1) is 12.1 Å². The Hall–Kier alpha value is -6.12. The van der Waals surface area contributed by atoms with Gasteiger partial charge in [0.2, 0.25) is 0 Å². The summed E-state index contributed by atoms with van der Waals surface area (Å²) in [4.78, 5) is 5.28. The van der Waals surface area contributed by atoms with Crippen molar-refractivity contribution in [2.45, 2.75) is 101 Å². The maximum atomic E-state index is 2.68. The summed E-state index contributed by atoms with van der Waals surface area (Å²) in [5, 5.41) is 0. The molecule has 6 aliphatic carbocycles. The average molecular weight is 809 g/mol. The number of benzene rings is 4. The van der Waals surface area contributed by atoms with Gasteiger partial charge in [-0.1, -0.05) is 164 Å². The molecule has 0 aromatic heterocycles. The Morgan fingerprint density at radius 2 is 1.08 bits per heavy atom. The van der Waals surface area contributed by atoms with E-state index in [9.17, 15) is 0 Å². The molecule has 0 saturated heterocycles. The second-order valence-electron chi connectivity index (χ2n) is 17.9. The Labute approximate surface area is 370 Å². The third-order valence-corrected chi connectivity index (χ3v) is 13.9. The second-order valence-corrected chi connectivity index (χ2v) is 17.9. The molecule has 0 fully saturated rings. The van der Waals surface area contributed by atoms with Gasteiger partial charge in [-0.3, -0.25) is 0 Å². The minimum absolute atomic E-state index is 0.251. The van der Waals surface area contributed by atoms with Gasteiger partial charge in [0.25, 0.3) is 0 Å². The molecule has 4 unspecified atom stereocenters. The molecule has 2 nitrogen and oxygen atoms in total. The molecule has 0 aliphatic heterocycles. The summed E-state index contributed by atoms with van der Waals surface area (Å²) in [6.45, 7) is 0. The summed E-state index contributed by atoms with van der Waals surface area (Å²) < 4.78 is 0. The zero-order chi connectivity index (χ0) is 41.5. The monoisotopic (exact) mass is 808 g/mol. The standard InChI is InChI=1S/C60H60N2/c1-5-13-45(14-6-1)48-21-23-49(24-22-48)52-29-39-56(40-30-52)61(55-19-11-4-12-20-55)57-41-31-53(32-42-57)54-33-43-60(44-34-54)62(58-35-25-50(26-36-58)46-15-7-2-8-16-46)59-37-27-51(28-38-59)47-17-9-3-10-18-47/h2,5,7-9,11,13,15-19,21-27,29-37,39-41,43,45,55,57,60H,1,3-4,6,10,12,14,20,28,38,42,44H2. The van der Waals surface area contributed by atoms with Crippen molar-refractivity contribution in [2.24, 2.45) is 0 Å². The van der Waals surface area contributed by atoms with Gasteiger partial charge in [0.15, 0.2) is 0 Å². The fraction of sp³-hybridized carbons (Fsp3) is 0.267. The van der Waals surface area contributed by atoms with Crippen LogP contribution in [0.1, 0.15) is 88.5 Å². The molecule has 0 N–H and O–H groups in total. The highest BCUT2D eigenvalue weighted by molar-refractivity contribution is 5.70. The van der Waals surface area contributed by atoms with Gasteiger partial charge < -0.3 is 9.80 Å². The predicted octanol–water partition coefficient (Wildman–Crippen LogP) is 15.7. The lowest BCUT2D eigenvalue weighted by Gasteiger charge is -2.40. The van der Waals surface area contributed by atoms with Crippen molar-refractivity contribution in [3.8, 4) is 22.3 Å². The lowest BCUT2D eigenvalue weighted by molar-refractivity contribution is 0.549. The summed E-state index contributed by atoms with van der Waals surface area (Å²) in [7, 11) is 0. The smallest absolute Gasteiger partial charge is 0.0557 e. The van der Waals surface area contributed by atoms with E-state index in [1.54, 1.807) is 0 Å². The van der Waals surface area contributed by atoms with Crippen molar-refractivity contribution in [2.75, 3.05) is 9.80 Å². The molecule has 0 spiro atoms.